The van der Waals surface area contributed by atoms with Gasteiger partial charge in [-0.2, -0.15) is 5.26 Å². The van der Waals surface area contributed by atoms with Gasteiger partial charge in [-0.05, 0) is 42.0 Å². The molecular formula is C26H28N4O4. The molecule has 2 amide bonds. The molecule has 3 aromatic carbocycles. The van der Waals surface area contributed by atoms with Gasteiger partial charge in [-0.15, -0.1) is 0 Å². The normalized spacial score (nSPS) is 11.2. The van der Waals surface area contributed by atoms with Crippen LogP contribution in [-0.2, 0) is 6.61 Å². The van der Waals surface area contributed by atoms with Crippen LogP contribution in [0.2, 0.25) is 0 Å². The lowest BCUT2D eigenvalue weighted by Gasteiger charge is -2.14. The number of nitrogens with one attached hydrogen (secondary N) is 3. The fraction of sp³-hybridized carbons (Fsp3) is 0.231. The number of ether oxygens (including phenoxy) is 2. The van der Waals surface area contributed by atoms with E-state index < -0.39 is 6.10 Å². The smallest absolute Gasteiger partial charge is 0.319 e. The minimum Gasteiger partial charge on any atom is -0.489 e. The molecule has 3 rings (SSSR count). The fourth-order valence-corrected chi connectivity index (χ4v) is 3.01. The third-order valence-corrected chi connectivity index (χ3v) is 4.77. The third kappa shape index (κ3) is 8.47. The summed E-state index contributed by atoms with van der Waals surface area (Å²) in [5.41, 5.74) is 2.16. The Hall–Kier alpha value is -4.06. The summed E-state index contributed by atoms with van der Waals surface area (Å²) in [5, 5.41) is 27.6. The van der Waals surface area contributed by atoms with Crippen LogP contribution >= 0.6 is 0 Å². The molecule has 176 valence electrons. The second kappa shape index (κ2) is 13.5. The number of nitrogens with zero attached hydrogens (tertiary/aromatic N) is 1. The predicted molar refractivity (Wildman–Crippen MR) is 130 cm³/mol. The number of carbonyl (C=O) groups is 1. The average molecular weight is 461 g/mol. The van der Waals surface area contributed by atoms with Crippen molar-refractivity contribution in [2.75, 3.05) is 31.6 Å². The number of benzene rings is 3. The maximum absolute atomic E-state index is 12.0. The number of anilines is 1. The van der Waals surface area contributed by atoms with Crippen molar-refractivity contribution in [2.45, 2.75) is 12.7 Å². The number of aliphatic hydroxyl groups is 1. The molecule has 1 atom stereocenters. The molecule has 8 heteroatoms. The van der Waals surface area contributed by atoms with E-state index in [0.717, 1.165) is 11.3 Å². The number of aliphatic hydroxyl groups excluding tert-OH is 1. The van der Waals surface area contributed by atoms with E-state index in [9.17, 15) is 9.90 Å². The van der Waals surface area contributed by atoms with Crippen molar-refractivity contribution >= 4 is 11.7 Å². The lowest BCUT2D eigenvalue weighted by Crippen LogP contribution is -2.38. The van der Waals surface area contributed by atoms with Crippen LogP contribution in [0.4, 0.5) is 10.5 Å². The van der Waals surface area contributed by atoms with Crippen molar-refractivity contribution in [1.29, 1.82) is 5.26 Å². The summed E-state index contributed by atoms with van der Waals surface area (Å²) < 4.78 is 11.2. The quantitative estimate of drug-likeness (QED) is 0.308. The summed E-state index contributed by atoms with van der Waals surface area (Å²) >= 11 is 0. The van der Waals surface area contributed by atoms with Gasteiger partial charge in [0, 0.05) is 25.3 Å². The molecule has 34 heavy (non-hydrogen) atoms. The van der Waals surface area contributed by atoms with Crippen LogP contribution < -0.4 is 25.4 Å². The van der Waals surface area contributed by atoms with Crippen LogP contribution in [0, 0.1) is 11.3 Å². The van der Waals surface area contributed by atoms with Gasteiger partial charge in [0.05, 0.1) is 5.56 Å². The first-order valence-electron chi connectivity index (χ1n) is 11.0. The predicted octanol–water partition coefficient (Wildman–Crippen LogP) is 3.29. The van der Waals surface area contributed by atoms with Crippen LogP contribution in [0.15, 0.2) is 78.9 Å². The number of rotatable bonds is 12. The zero-order chi connectivity index (χ0) is 24.0. The molecule has 0 spiro atoms. The Balaban J connectivity index is 1.27. The minimum atomic E-state index is -0.747. The molecule has 8 nitrogen and oxygen atoms in total. The highest BCUT2D eigenvalue weighted by molar-refractivity contribution is 5.89. The number of para-hydroxylation sites is 1. The van der Waals surface area contributed by atoms with Gasteiger partial charge in [-0.3, -0.25) is 0 Å². The third-order valence-electron chi connectivity index (χ3n) is 4.77. The number of amides is 2. The second-order valence-electron chi connectivity index (χ2n) is 7.46. The minimum absolute atomic E-state index is 0.0602. The van der Waals surface area contributed by atoms with E-state index in [-0.39, 0.29) is 12.6 Å². The summed E-state index contributed by atoms with van der Waals surface area (Å²) in [5.74, 6) is 1.16. The molecule has 0 radical (unpaired) electrons. The molecule has 0 bridgehead atoms. The summed E-state index contributed by atoms with van der Waals surface area (Å²) in [6.07, 6.45) is -0.747. The molecule has 0 unspecified atom stereocenters. The second-order valence-corrected chi connectivity index (χ2v) is 7.46. The van der Waals surface area contributed by atoms with Crippen molar-refractivity contribution in [2.24, 2.45) is 0 Å². The van der Waals surface area contributed by atoms with E-state index in [0.29, 0.717) is 43.2 Å². The zero-order valence-corrected chi connectivity index (χ0v) is 18.7. The van der Waals surface area contributed by atoms with Gasteiger partial charge in [0.15, 0.2) is 0 Å². The topological polar surface area (TPSA) is 116 Å². The first-order chi connectivity index (χ1) is 16.6. The van der Waals surface area contributed by atoms with Gasteiger partial charge in [0.1, 0.15) is 36.9 Å². The van der Waals surface area contributed by atoms with Crippen molar-refractivity contribution in [3.8, 4) is 17.6 Å². The van der Waals surface area contributed by atoms with Crippen LogP contribution in [0.25, 0.3) is 0 Å². The monoisotopic (exact) mass is 460 g/mol. The zero-order valence-electron chi connectivity index (χ0n) is 18.7. The average Bonchev–Trinajstić information content (AvgIpc) is 2.87. The molecule has 0 aliphatic heterocycles. The molecular weight excluding hydrogens is 432 g/mol. The Morgan fingerprint density at radius 2 is 1.68 bits per heavy atom. The maximum atomic E-state index is 12.0. The number of hydrogen-bond donors (Lipinski definition) is 4. The van der Waals surface area contributed by atoms with Crippen molar-refractivity contribution < 1.29 is 19.4 Å². The van der Waals surface area contributed by atoms with E-state index in [2.05, 4.69) is 16.0 Å². The van der Waals surface area contributed by atoms with Gasteiger partial charge < -0.3 is 30.5 Å². The largest absolute Gasteiger partial charge is 0.489 e. The summed E-state index contributed by atoms with van der Waals surface area (Å²) in [6.45, 7) is 1.70. The van der Waals surface area contributed by atoms with Gasteiger partial charge in [0.2, 0.25) is 0 Å². The van der Waals surface area contributed by atoms with Gasteiger partial charge in [-0.25, -0.2) is 4.79 Å². The Morgan fingerprint density at radius 3 is 2.44 bits per heavy atom. The summed E-state index contributed by atoms with van der Waals surface area (Å²) in [6, 6.07) is 25.6. The standard InChI is InChI=1S/C26H28N4O4/c27-16-21-8-4-5-9-25(21)34-19-23(31)17-28-14-15-29-26(32)30-22-10-12-24(13-11-22)33-18-20-6-2-1-3-7-20/h1-13,23,28,31H,14-15,17-19H2,(H2,29,30,32)/t23-/m1/s1. The SMILES string of the molecule is N#Cc1ccccc1OC[C@H](O)CNCCNC(=O)Nc1ccc(OCc2ccccc2)cc1. The molecule has 0 aromatic heterocycles. The lowest BCUT2D eigenvalue weighted by atomic mass is 10.2. The van der Waals surface area contributed by atoms with Gasteiger partial charge in [0.25, 0.3) is 0 Å². The maximum Gasteiger partial charge on any atom is 0.319 e. The Morgan fingerprint density at radius 1 is 0.941 bits per heavy atom. The number of hydrogen-bond acceptors (Lipinski definition) is 6. The summed E-state index contributed by atoms with van der Waals surface area (Å²) in [4.78, 5) is 12.0. The molecule has 0 fully saturated rings. The fourth-order valence-electron chi connectivity index (χ4n) is 3.01. The lowest BCUT2D eigenvalue weighted by molar-refractivity contribution is 0.106. The van der Waals surface area contributed by atoms with Crippen LogP contribution in [0.3, 0.4) is 0 Å². The van der Waals surface area contributed by atoms with E-state index in [1.165, 1.54) is 0 Å². The first kappa shape index (κ1) is 24.6. The number of carbonyl (C=O) groups excluding carboxylic acids is 1. The Bertz CT molecular complexity index is 1070. The number of urea groups is 1. The Labute approximate surface area is 199 Å². The first-order valence-corrected chi connectivity index (χ1v) is 11.0. The van der Waals surface area contributed by atoms with Crippen molar-refractivity contribution in [1.82, 2.24) is 10.6 Å². The highest BCUT2D eigenvalue weighted by Crippen LogP contribution is 2.17. The molecule has 0 aliphatic rings. The summed E-state index contributed by atoms with van der Waals surface area (Å²) in [7, 11) is 0. The van der Waals surface area contributed by atoms with E-state index in [1.807, 2.05) is 36.4 Å². The molecule has 4 N–H and O–H groups in total. The van der Waals surface area contributed by atoms with E-state index in [4.69, 9.17) is 14.7 Å². The highest BCUT2D eigenvalue weighted by atomic mass is 16.5. The molecule has 0 saturated carbocycles. The van der Waals surface area contributed by atoms with Crippen LogP contribution in [-0.4, -0.2) is 43.5 Å². The highest BCUT2D eigenvalue weighted by Gasteiger charge is 2.08. The van der Waals surface area contributed by atoms with E-state index in [1.54, 1.807) is 48.5 Å². The molecule has 0 saturated heterocycles. The molecule has 0 heterocycles. The van der Waals surface area contributed by atoms with Gasteiger partial charge in [-0.1, -0.05) is 42.5 Å². The molecule has 0 aliphatic carbocycles. The van der Waals surface area contributed by atoms with Gasteiger partial charge >= 0.3 is 6.03 Å². The van der Waals surface area contributed by atoms with E-state index >= 15 is 0 Å². The number of nitriles is 1. The van der Waals surface area contributed by atoms with Crippen LogP contribution in [0.5, 0.6) is 11.5 Å². The van der Waals surface area contributed by atoms with Crippen molar-refractivity contribution in [3.05, 3.63) is 90.0 Å². The Kier molecular flexibility index (Phi) is 9.74. The molecule has 3 aromatic rings. The van der Waals surface area contributed by atoms with Crippen LogP contribution in [0.1, 0.15) is 11.1 Å². The van der Waals surface area contributed by atoms with Crippen molar-refractivity contribution in [3.63, 3.8) is 0 Å².